The second kappa shape index (κ2) is 7.11. The number of hydrogen-bond acceptors (Lipinski definition) is 8. The Morgan fingerprint density at radius 2 is 1.81 bits per heavy atom. The van der Waals surface area contributed by atoms with Gasteiger partial charge in [-0.3, -0.25) is 0 Å². The maximum absolute atomic E-state index is 11.2. The van der Waals surface area contributed by atoms with Crippen LogP contribution in [0.2, 0.25) is 0 Å². The van der Waals surface area contributed by atoms with Crippen LogP contribution in [0.3, 0.4) is 0 Å². The first-order valence-electron chi connectivity index (χ1n) is 5.41. The van der Waals surface area contributed by atoms with Gasteiger partial charge in [-0.15, -0.1) is 0 Å². The van der Waals surface area contributed by atoms with Crippen LogP contribution in [0.15, 0.2) is 0 Å². The molecule has 15 heteroatoms. The Balaban J connectivity index is 2.56. The molecule has 1 saturated heterocycles. The lowest BCUT2D eigenvalue weighted by Gasteiger charge is -2.21. The Kier molecular flexibility index (Phi) is 6.70. The molecule has 0 radical (unpaired) electrons. The van der Waals surface area contributed by atoms with Crippen LogP contribution >= 0.6 is 22.4 Å². The van der Waals surface area contributed by atoms with Crippen molar-refractivity contribution in [1.29, 1.82) is 0 Å². The molecule has 2 unspecified atom stereocenters. The smallest absolute Gasteiger partial charge is 0.390 e. The highest BCUT2D eigenvalue weighted by Crippen LogP contribution is 2.66. The highest BCUT2D eigenvalue weighted by Gasteiger charge is 2.39. The molecule has 0 aromatic heterocycles. The number of hydrogen-bond donors (Lipinski definition) is 5. The SMILES string of the molecule is C[C@H]1C[C@@H](O)[C@@H](COP(O)(=S)OP(=O)(O)OP(=O)(O)O)O1. The van der Waals surface area contributed by atoms with Gasteiger partial charge in [-0.2, -0.15) is 4.31 Å². The Labute approximate surface area is 124 Å². The van der Waals surface area contributed by atoms with Gasteiger partial charge in [0.25, 0.3) is 0 Å². The summed E-state index contributed by atoms with van der Waals surface area (Å²) in [7, 11) is -10.6. The van der Waals surface area contributed by atoms with Gasteiger partial charge in [-0.05, 0) is 18.7 Å². The molecule has 0 aliphatic carbocycles. The molecule has 5 atom stereocenters. The van der Waals surface area contributed by atoms with Crippen LogP contribution in [0.1, 0.15) is 13.3 Å². The van der Waals surface area contributed by atoms with E-state index in [-0.39, 0.29) is 6.10 Å². The van der Waals surface area contributed by atoms with Gasteiger partial charge in [0, 0.05) is 6.42 Å². The first-order chi connectivity index (χ1) is 9.30. The fourth-order valence-corrected chi connectivity index (χ4v) is 5.53. The molecule has 1 aliphatic rings. The first kappa shape index (κ1) is 19.8. The van der Waals surface area contributed by atoms with Gasteiger partial charge in [0.2, 0.25) is 0 Å². The molecule has 0 bridgehead atoms. The lowest BCUT2D eigenvalue weighted by atomic mass is 10.1. The fourth-order valence-electron chi connectivity index (χ4n) is 1.56. The molecule has 126 valence electrons. The lowest BCUT2D eigenvalue weighted by Crippen LogP contribution is -2.26. The van der Waals surface area contributed by atoms with Crippen molar-refractivity contribution in [2.75, 3.05) is 6.61 Å². The third-order valence-corrected chi connectivity index (χ3v) is 6.95. The summed E-state index contributed by atoms with van der Waals surface area (Å²) in [6.07, 6.45) is -1.60. The zero-order valence-electron chi connectivity index (χ0n) is 10.6. The van der Waals surface area contributed by atoms with Crippen molar-refractivity contribution in [3.8, 4) is 0 Å². The first-order valence-corrected chi connectivity index (χ1v) is 11.0. The topological polar surface area (TPSA) is 172 Å². The van der Waals surface area contributed by atoms with Gasteiger partial charge in [-0.1, -0.05) is 0 Å². The normalized spacial score (nSPS) is 32.6. The van der Waals surface area contributed by atoms with E-state index in [4.69, 9.17) is 23.9 Å². The maximum Gasteiger partial charge on any atom is 0.488 e. The molecule has 5 N–H and O–H groups in total. The summed E-state index contributed by atoms with van der Waals surface area (Å²) in [6, 6.07) is 0. The van der Waals surface area contributed by atoms with E-state index in [0.29, 0.717) is 6.42 Å². The molecule has 0 spiro atoms. The minimum Gasteiger partial charge on any atom is -0.390 e. The summed E-state index contributed by atoms with van der Waals surface area (Å²) in [5, 5.41) is 9.56. The lowest BCUT2D eigenvalue weighted by molar-refractivity contribution is -0.0133. The van der Waals surface area contributed by atoms with Crippen LogP contribution in [0, 0.1) is 0 Å². The standard InChI is InChI=1S/C6H15O11P3S/c1-4-2-5(7)6(15-4)3-14-20(13,21)17-19(11,12)16-18(8,9)10/h4-7H,2-3H2,1H3,(H,11,12)(H,13,21)(H2,8,9,10)/t4-,5+,6+,20?/m0/s1. The molecule has 1 fully saturated rings. The van der Waals surface area contributed by atoms with Crippen molar-refractivity contribution >= 4 is 34.2 Å². The Bertz CT molecular complexity index is 504. The maximum atomic E-state index is 11.2. The van der Waals surface area contributed by atoms with E-state index in [1.807, 2.05) is 0 Å². The Morgan fingerprint density at radius 3 is 2.24 bits per heavy atom. The average molecular weight is 388 g/mol. The van der Waals surface area contributed by atoms with Crippen LogP contribution in [0.5, 0.6) is 0 Å². The predicted octanol–water partition coefficient (Wildman–Crippen LogP) is -0.0156. The van der Waals surface area contributed by atoms with Crippen molar-refractivity contribution in [2.24, 2.45) is 0 Å². The summed E-state index contributed by atoms with van der Waals surface area (Å²) in [4.78, 5) is 35.4. The molecular weight excluding hydrogens is 373 g/mol. The molecular formula is C6H15O11P3S. The van der Waals surface area contributed by atoms with Crippen molar-refractivity contribution in [3.63, 3.8) is 0 Å². The van der Waals surface area contributed by atoms with Gasteiger partial charge in [0.05, 0.1) is 18.8 Å². The number of aliphatic hydroxyl groups excluding tert-OH is 1. The van der Waals surface area contributed by atoms with Crippen molar-refractivity contribution < 1.29 is 51.7 Å². The monoisotopic (exact) mass is 388 g/mol. The van der Waals surface area contributed by atoms with E-state index in [1.54, 1.807) is 6.92 Å². The van der Waals surface area contributed by atoms with Gasteiger partial charge in [-0.25, -0.2) is 13.4 Å². The fraction of sp³-hybridized carbons (Fsp3) is 1.00. The molecule has 0 aromatic rings. The molecule has 0 saturated carbocycles. The minimum absolute atomic E-state index is 0.243. The zero-order chi connectivity index (χ0) is 16.5. The summed E-state index contributed by atoms with van der Waals surface area (Å²) >= 11 is 4.40. The van der Waals surface area contributed by atoms with Crippen LogP contribution in [-0.4, -0.2) is 49.6 Å². The number of aliphatic hydroxyl groups is 1. The predicted molar refractivity (Wildman–Crippen MR) is 71.5 cm³/mol. The quantitative estimate of drug-likeness (QED) is 0.370. The van der Waals surface area contributed by atoms with Crippen molar-refractivity contribution in [2.45, 2.75) is 31.7 Å². The molecule has 21 heavy (non-hydrogen) atoms. The summed E-state index contributed by atoms with van der Waals surface area (Å²) in [6.45, 7) is -3.07. The number of rotatable bonds is 7. The average Bonchev–Trinajstić information content (AvgIpc) is 2.48. The summed E-state index contributed by atoms with van der Waals surface area (Å²) in [5.41, 5.74) is 0. The molecule has 1 aliphatic heterocycles. The van der Waals surface area contributed by atoms with E-state index >= 15 is 0 Å². The highest BCUT2D eigenvalue weighted by atomic mass is 32.5. The molecule has 11 nitrogen and oxygen atoms in total. The van der Waals surface area contributed by atoms with Crippen LogP contribution in [0.25, 0.3) is 0 Å². The summed E-state index contributed by atoms with van der Waals surface area (Å²) < 4.78 is 39.1. The van der Waals surface area contributed by atoms with Crippen molar-refractivity contribution in [1.82, 2.24) is 0 Å². The van der Waals surface area contributed by atoms with Gasteiger partial charge in [0.1, 0.15) is 6.10 Å². The van der Waals surface area contributed by atoms with E-state index in [0.717, 1.165) is 0 Å². The largest absolute Gasteiger partial charge is 0.488 e. The van der Waals surface area contributed by atoms with Crippen LogP contribution in [0.4, 0.5) is 0 Å². The van der Waals surface area contributed by atoms with E-state index in [9.17, 15) is 19.1 Å². The third kappa shape index (κ3) is 7.71. The Hall–Kier alpha value is 0.750. The highest BCUT2D eigenvalue weighted by molar-refractivity contribution is 8.08. The van der Waals surface area contributed by atoms with Crippen LogP contribution in [-0.2, 0) is 38.8 Å². The summed E-state index contributed by atoms with van der Waals surface area (Å²) in [5.74, 6) is 0. The van der Waals surface area contributed by atoms with Gasteiger partial charge >= 0.3 is 22.4 Å². The number of phosphoric acid groups is 2. The molecule has 1 rings (SSSR count). The van der Waals surface area contributed by atoms with E-state index in [2.05, 4.69) is 20.4 Å². The Morgan fingerprint density at radius 1 is 1.24 bits per heavy atom. The molecule has 0 amide bonds. The minimum atomic E-state index is -5.33. The van der Waals surface area contributed by atoms with Crippen molar-refractivity contribution in [3.05, 3.63) is 0 Å². The van der Waals surface area contributed by atoms with Gasteiger partial charge < -0.3 is 33.9 Å². The third-order valence-electron chi connectivity index (χ3n) is 2.23. The molecule has 0 aromatic carbocycles. The van der Waals surface area contributed by atoms with E-state index < -0.39 is 41.2 Å². The number of ether oxygens (including phenoxy) is 1. The van der Waals surface area contributed by atoms with E-state index in [1.165, 1.54) is 0 Å². The molecule has 1 heterocycles. The second-order valence-corrected chi connectivity index (χ2v) is 9.98. The van der Waals surface area contributed by atoms with Gasteiger partial charge in [0.15, 0.2) is 0 Å². The van der Waals surface area contributed by atoms with Crippen LogP contribution < -0.4 is 0 Å². The second-order valence-electron chi connectivity index (χ2n) is 4.17. The zero-order valence-corrected chi connectivity index (χ0v) is 14.1.